The van der Waals surface area contributed by atoms with Gasteiger partial charge in [-0.15, -0.1) is 0 Å². The Morgan fingerprint density at radius 1 is 1.33 bits per heavy atom. The predicted molar refractivity (Wildman–Crippen MR) is 62.1 cm³/mol. The van der Waals surface area contributed by atoms with E-state index in [0.29, 0.717) is 0 Å². The normalized spacial score (nSPS) is 14.5. The zero-order valence-corrected chi connectivity index (χ0v) is 10.1. The molecule has 0 bridgehead atoms. The smallest absolute Gasteiger partial charge is 0.131 e. The minimum Gasteiger partial charge on any atom is -0.395 e. The number of aliphatic hydroxyl groups is 2. The molecule has 0 heterocycles. The number of rotatable bonds is 7. The minimum atomic E-state index is -1.32. The van der Waals surface area contributed by atoms with Crippen molar-refractivity contribution in [3.63, 3.8) is 0 Å². The van der Waals surface area contributed by atoms with Crippen molar-refractivity contribution in [2.24, 2.45) is 0 Å². The number of ether oxygens (including phenoxy) is 1. The van der Waals surface area contributed by atoms with Crippen molar-refractivity contribution in [2.75, 3.05) is 26.9 Å². The summed E-state index contributed by atoms with van der Waals surface area (Å²) in [6, 6.07) is 3.01. The van der Waals surface area contributed by atoms with Crippen LogP contribution in [0.3, 0.4) is 0 Å². The summed E-state index contributed by atoms with van der Waals surface area (Å²) in [5, 5.41) is 21.5. The Hall–Kier alpha value is -1.08. The Balaban J connectivity index is 2.62. The molecule has 0 saturated heterocycles. The largest absolute Gasteiger partial charge is 0.395 e. The summed E-state index contributed by atoms with van der Waals surface area (Å²) in [6.45, 7) is -0.0320. The Labute approximate surface area is 104 Å². The van der Waals surface area contributed by atoms with Crippen LogP contribution in [0.2, 0.25) is 0 Å². The molecule has 0 aliphatic carbocycles. The van der Waals surface area contributed by atoms with Crippen LogP contribution in [0, 0.1) is 11.6 Å². The number of halogens is 2. The third-order valence-corrected chi connectivity index (χ3v) is 2.52. The van der Waals surface area contributed by atoms with Gasteiger partial charge in [0.25, 0.3) is 0 Å². The van der Waals surface area contributed by atoms with E-state index in [-0.39, 0.29) is 31.4 Å². The molecule has 1 aromatic carbocycles. The van der Waals surface area contributed by atoms with E-state index in [9.17, 15) is 13.9 Å². The molecule has 0 saturated carbocycles. The fraction of sp³-hybridized carbons (Fsp3) is 0.500. The molecule has 1 aromatic rings. The number of benzene rings is 1. The molecule has 0 amide bonds. The van der Waals surface area contributed by atoms with E-state index in [1.54, 1.807) is 0 Å². The highest BCUT2D eigenvalue weighted by Crippen LogP contribution is 2.19. The lowest BCUT2D eigenvalue weighted by Crippen LogP contribution is -2.39. The summed E-state index contributed by atoms with van der Waals surface area (Å²) >= 11 is 0. The molecule has 102 valence electrons. The van der Waals surface area contributed by atoms with Gasteiger partial charge in [-0.25, -0.2) is 8.78 Å². The average Bonchev–Trinajstić information content (AvgIpc) is 2.34. The number of methoxy groups -OCH3 is 1. The maximum atomic E-state index is 13.4. The third-order valence-electron chi connectivity index (χ3n) is 2.52. The van der Waals surface area contributed by atoms with Gasteiger partial charge in [-0.1, -0.05) is 6.07 Å². The van der Waals surface area contributed by atoms with Crippen molar-refractivity contribution in [3.05, 3.63) is 35.4 Å². The molecule has 0 aromatic heterocycles. The van der Waals surface area contributed by atoms with Crippen LogP contribution >= 0.6 is 0 Å². The molecule has 18 heavy (non-hydrogen) atoms. The van der Waals surface area contributed by atoms with Gasteiger partial charge in [-0.3, -0.25) is 0 Å². The van der Waals surface area contributed by atoms with E-state index in [2.05, 4.69) is 5.32 Å². The van der Waals surface area contributed by atoms with Gasteiger partial charge in [0.2, 0.25) is 0 Å². The molecule has 2 atom stereocenters. The zero-order valence-electron chi connectivity index (χ0n) is 10.1. The van der Waals surface area contributed by atoms with Crippen LogP contribution in [-0.2, 0) is 4.74 Å². The molecule has 6 heteroatoms. The first-order valence-electron chi connectivity index (χ1n) is 5.55. The van der Waals surface area contributed by atoms with Crippen LogP contribution in [0.4, 0.5) is 8.78 Å². The molecule has 0 aliphatic rings. The van der Waals surface area contributed by atoms with Crippen molar-refractivity contribution in [2.45, 2.75) is 12.1 Å². The monoisotopic (exact) mass is 261 g/mol. The van der Waals surface area contributed by atoms with Gasteiger partial charge in [-0.05, 0) is 12.1 Å². The Morgan fingerprint density at radius 2 is 1.94 bits per heavy atom. The maximum absolute atomic E-state index is 13.4. The number of hydrogen-bond donors (Lipinski definition) is 3. The number of aliphatic hydroxyl groups excluding tert-OH is 2. The van der Waals surface area contributed by atoms with E-state index in [4.69, 9.17) is 9.84 Å². The fourth-order valence-electron chi connectivity index (χ4n) is 1.59. The van der Waals surface area contributed by atoms with E-state index >= 15 is 0 Å². The Bertz CT molecular complexity index is 356. The lowest BCUT2D eigenvalue weighted by Gasteiger charge is -2.19. The van der Waals surface area contributed by atoms with Gasteiger partial charge >= 0.3 is 0 Å². The SMILES string of the molecule is COCC(CO)NCC(O)c1c(F)cccc1F. The van der Waals surface area contributed by atoms with Gasteiger partial charge in [0.15, 0.2) is 0 Å². The molecule has 0 aliphatic heterocycles. The minimum absolute atomic E-state index is 0.0769. The summed E-state index contributed by atoms with van der Waals surface area (Å²) in [7, 11) is 1.47. The molecular formula is C12H17F2NO3. The van der Waals surface area contributed by atoms with E-state index in [0.717, 1.165) is 12.1 Å². The average molecular weight is 261 g/mol. The standard InChI is InChI=1S/C12H17F2NO3/c1-18-7-8(6-16)15-5-11(17)12-9(13)3-2-4-10(12)14/h2-4,8,11,15-17H,5-7H2,1H3. The van der Waals surface area contributed by atoms with Crippen molar-refractivity contribution in [1.82, 2.24) is 5.32 Å². The topological polar surface area (TPSA) is 61.7 Å². The number of hydrogen-bond acceptors (Lipinski definition) is 4. The van der Waals surface area contributed by atoms with Crippen LogP contribution in [0.15, 0.2) is 18.2 Å². The first-order valence-corrected chi connectivity index (χ1v) is 5.55. The molecule has 0 spiro atoms. The highest BCUT2D eigenvalue weighted by molar-refractivity contribution is 5.22. The summed E-state index contributed by atoms with van der Waals surface area (Å²) < 4.78 is 31.5. The maximum Gasteiger partial charge on any atom is 0.131 e. The summed E-state index contributed by atoms with van der Waals surface area (Å²) in [5.41, 5.74) is -0.376. The van der Waals surface area contributed by atoms with E-state index < -0.39 is 17.7 Å². The van der Waals surface area contributed by atoms with Gasteiger partial charge in [-0.2, -0.15) is 0 Å². The molecule has 2 unspecified atom stereocenters. The molecule has 3 N–H and O–H groups in total. The summed E-state index contributed by atoms with van der Waals surface area (Å²) in [6.07, 6.45) is -1.32. The van der Waals surface area contributed by atoms with E-state index in [1.165, 1.54) is 13.2 Å². The number of nitrogens with one attached hydrogen (secondary N) is 1. The highest BCUT2D eigenvalue weighted by Gasteiger charge is 2.18. The highest BCUT2D eigenvalue weighted by atomic mass is 19.1. The van der Waals surface area contributed by atoms with Gasteiger partial charge < -0.3 is 20.3 Å². The van der Waals surface area contributed by atoms with Crippen molar-refractivity contribution >= 4 is 0 Å². The van der Waals surface area contributed by atoms with Gasteiger partial charge in [0, 0.05) is 13.7 Å². The molecule has 1 rings (SSSR count). The summed E-state index contributed by atoms with van der Waals surface area (Å²) in [4.78, 5) is 0. The zero-order chi connectivity index (χ0) is 13.5. The van der Waals surface area contributed by atoms with Crippen molar-refractivity contribution in [1.29, 1.82) is 0 Å². The quantitative estimate of drug-likeness (QED) is 0.672. The molecular weight excluding hydrogens is 244 g/mol. The second-order valence-electron chi connectivity index (χ2n) is 3.89. The van der Waals surface area contributed by atoms with Crippen LogP contribution in [0.5, 0.6) is 0 Å². The van der Waals surface area contributed by atoms with Crippen LogP contribution in [0.1, 0.15) is 11.7 Å². The van der Waals surface area contributed by atoms with Crippen molar-refractivity contribution in [3.8, 4) is 0 Å². The predicted octanol–water partition coefficient (Wildman–Crippen LogP) is 0.595. The Morgan fingerprint density at radius 3 is 2.44 bits per heavy atom. The molecule has 0 fully saturated rings. The lowest BCUT2D eigenvalue weighted by atomic mass is 10.1. The summed E-state index contributed by atoms with van der Waals surface area (Å²) in [5.74, 6) is -1.59. The second-order valence-corrected chi connectivity index (χ2v) is 3.89. The van der Waals surface area contributed by atoms with Crippen LogP contribution < -0.4 is 5.32 Å². The Kier molecular flexibility index (Phi) is 6.14. The van der Waals surface area contributed by atoms with Crippen LogP contribution in [-0.4, -0.2) is 43.1 Å². The third kappa shape index (κ3) is 3.99. The van der Waals surface area contributed by atoms with Gasteiger partial charge in [0.05, 0.1) is 30.9 Å². The van der Waals surface area contributed by atoms with E-state index in [1.807, 2.05) is 0 Å². The molecule has 4 nitrogen and oxygen atoms in total. The first kappa shape index (κ1) is 15.0. The molecule has 0 radical (unpaired) electrons. The van der Waals surface area contributed by atoms with Crippen molar-refractivity contribution < 1.29 is 23.7 Å². The first-order chi connectivity index (χ1) is 8.60. The lowest BCUT2D eigenvalue weighted by molar-refractivity contribution is 0.109. The van der Waals surface area contributed by atoms with Crippen LogP contribution in [0.25, 0.3) is 0 Å². The van der Waals surface area contributed by atoms with Gasteiger partial charge in [0.1, 0.15) is 11.6 Å². The fourth-order valence-corrected chi connectivity index (χ4v) is 1.59. The second kappa shape index (κ2) is 7.38.